The van der Waals surface area contributed by atoms with E-state index in [0.717, 1.165) is 31.2 Å². The third-order valence-electron chi connectivity index (χ3n) is 5.06. The molecule has 1 spiro atoms. The van der Waals surface area contributed by atoms with Gasteiger partial charge >= 0.3 is 5.69 Å². The number of fused-ring (bicyclic) bond motifs is 1. The number of carbonyl (C=O) groups excluding carboxylic acids is 1. The number of nitrogens with zero attached hydrogens (tertiary/aromatic N) is 1. The number of imidazole rings is 1. The predicted octanol–water partition coefficient (Wildman–Crippen LogP) is 1.28. The summed E-state index contributed by atoms with van der Waals surface area (Å²) in [6, 6.07) is 5.39. The first-order chi connectivity index (χ1) is 11.6. The Bertz CT molecular complexity index is 822. The number of benzene rings is 1. The van der Waals surface area contributed by atoms with Crippen LogP contribution in [-0.4, -0.2) is 40.5 Å². The van der Waals surface area contributed by atoms with E-state index in [4.69, 9.17) is 9.47 Å². The highest BCUT2D eigenvalue weighted by Crippen LogP contribution is 2.35. The lowest BCUT2D eigenvalue weighted by molar-refractivity contribution is -0.179. The summed E-state index contributed by atoms with van der Waals surface area (Å²) in [4.78, 5) is 26.9. The first-order valence-electron chi connectivity index (χ1n) is 8.34. The van der Waals surface area contributed by atoms with Crippen molar-refractivity contribution in [2.75, 3.05) is 13.2 Å². The molecule has 2 aliphatic rings. The first kappa shape index (κ1) is 15.4. The van der Waals surface area contributed by atoms with Gasteiger partial charge < -0.3 is 19.8 Å². The van der Waals surface area contributed by atoms with Gasteiger partial charge in [0.1, 0.15) is 0 Å². The Balaban J connectivity index is 1.44. The van der Waals surface area contributed by atoms with Crippen molar-refractivity contribution in [1.82, 2.24) is 14.9 Å². The number of aromatic amines is 1. The van der Waals surface area contributed by atoms with Crippen molar-refractivity contribution < 1.29 is 14.3 Å². The minimum Gasteiger partial charge on any atom is -0.349 e. The summed E-state index contributed by atoms with van der Waals surface area (Å²) < 4.78 is 12.9. The van der Waals surface area contributed by atoms with Crippen molar-refractivity contribution in [3.63, 3.8) is 0 Å². The van der Waals surface area contributed by atoms with Gasteiger partial charge in [0.05, 0.1) is 24.2 Å². The van der Waals surface area contributed by atoms with Crippen LogP contribution in [0.15, 0.2) is 23.0 Å². The van der Waals surface area contributed by atoms with Crippen LogP contribution in [-0.2, 0) is 16.5 Å². The molecule has 7 nitrogen and oxygen atoms in total. The van der Waals surface area contributed by atoms with E-state index in [2.05, 4.69) is 10.3 Å². The Morgan fingerprint density at radius 2 is 2.00 bits per heavy atom. The predicted molar refractivity (Wildman–Crippen MR) is 87.9 cm³/mol. The SMILES string of the molecule is Cn1c(=O)[nH]c2cc(C(=O)NC3CCC4(CC3)OCCO4)ccc21. The van der Waals surface area contributed by atoms with Crippen molar-refractivity contribution in [1.29, 1.82) is 0 Å². The molecular weight excluding hydrogens is 310 g/mol. The maximum atomic E-state index is 12.5. The maximum absolute atomic E-state index is 12.5. The highest BCUT2D eigenvalue weighted by atomic mass is 16.7. The van der Waals surface area contributed by atoms with Crippen LogP contribution in [0.1, 0.15) is 36.0 Å². The molecule has 0 bridgehead atoms. The number of nitrogens with one attached hydrogen (secondary N) is 2. The number of H-pyrrole nitrogens is 1. The Morgan fingerprint density at radius 1 is 1.29 bits per heavy atom. The molecule has 1 aromatic heterocycles. The molecule has 0 atom stereocenters. The third-order valence-corrected chi connectivity index (χ3v) is 5.06. The van der Waals surface area contributed by atoms with Crippen LogP contribution < -0.4 is 11.0 Å². The summed E-state index contributed by atoms with van der Waals surface area (Å²) in [6.45, 7) is 1.32. The van der Waals surface area contributed by atoms with E-state index in [0.29, 0.717) is 24.3 Å². The van der Waals surface area contributed by atoms with Gasteiger partial charge in [-0.15, -0.1) is 0 Å². The van der Waals surface area contributed by atoms with E-state index in [1.54, 1.807) is 25.2 Å². The fraction of sp³-hybridized carbons (Fsp3) is 0.529. The Hall–Kier alpha value is -2.12. The summed E-state index contributed by atoms with van der Waals surface area (Å²) in [6.07, 6.45) is 3.30. The van der Waals surface area contributed by atoms with Crippen molar-refractivity contribution in [2.24, 2.45) is 7.05 Å². The number of amides is 1. The summed E-state index contributed by atoms with van der Waals surface area (Å²) in [5, 5.41) is 3.08. The molecule has 2 heterocycles. The average molecular weight is 331 g/mol. The van der Waals surface area contributed by atoms with Gasteiger partial charge in [-0.2, -0.15) is 0 Å². The minimum absolute atomic E-state index is 0.115. The van der Waals surface area contributed by atoms with Crippen molar-refractivity contribution >= 4 is 16.9 Å². The van der Waals surface area contributed by atoms with Gasteiger partial charge in [-0.25, -0.2) is 4.79 Å². The van der Waals surface area contributed by atoms with Crippen LogP contribution in [0.25, 0.3) is 11.0 Å². The van der Waals surface area contributed by atoms with Gasteiger partial charge in [-0.1, -0.05) is 0 Å². The number of hydrogen-bond donors (Lipinski definition) is 2. The highest BCUT2D eigenvalue weighted by molar-refractivity contribution is 5.97. The van der Waals surface area contributed by atoms with Crippen molar-refractivity contribution in [2.45, 2.75) is 37.5 Å². The van der Waals surface area contributed by atoms with Gasteiger partial charge in [0.15, 0.2) is 5.79 Å². The monoisotopic (exact) mass is 331 g/mol. The van der Waals surface area contributed by atoms with Crippen molar-refractivity contribution in [3.05, 3.63) is 34.2 Å². The Labute approximate surface area is 138 Å². The molecule has 1 aliphatic heterocycles. The van der Waals surface area contributed by atoms with Crippen LogP contribution in [0.5, 0.6) is 0 Å². The molecular formula is C17H21N3O4. The van der Waals surface area contributed by atoms with Gasteiger partial charge in [0.2, 0.25) is 0 Å². The number of hydrogen-bond acceptors (Lipinski definition) is 4. The van der Waals surface area contributed by atoms with Gasteiger partial charge in [-0.05, 0) is 31.0 Å². The number of aromatic nitrogens is 2. The summed E-state index contributed by atoms with van der Waals surface area (Å²) in [5.41, 5.74) is 1.83. The van der Waals surface area contributed by atoms with Crippen LogP contribution in [0.4, 0.5) is 0 Å². The summed E-state index contributed by atoms with van der Waals surface area (Å²) >= 11 is 0. The number of aryl methyl sites for hydroxylation is 1. The topological polar surface area (TPSA) is 85.4 Å². The molecule has 0 radical (unpaired) electrons. The lowest BCUT2D eigenvalue weighted by atomic mass is 9.90. The third kappa shape index (κ3) is 2.63. The molecule has 1 saturated heterocycles. The van der Waals surface area contributed by atoms with Gasteiger partial charge in [0, 0.05) is 31.5 Å². The lowest BCUT2D eigenvalue weighted by Gasteiger charge is -2.35. The van der Waals surface area contributed by atoms with Crippen molar-refractivity contribution in [3.8, 4) is 0 Å². The smallest absolute Gasteiger partial charge is 0.326 e. The number of carbonyl (C=O) groups is 1. The highest BCUT2D eigenvalue weighted by Gasteiger charge is 2.40. The normalized spacial score (nSPS) is 20.7. The maximum Gasteiger partial charge on any atom is 0.326 e. The van der Waals surface area contributed by atoms with E-state index >= 15 is 0 Å². The van der Waals surface area contributed by atoms with Crippen LogP contribution >= 0.6 is 0 Å². The molecule has 1 aromatic carbocycles. The fourth-order valence-electron chi connectivity index (χ4n) is 3.63. The van der Waals surface area contributed by atoms with E-state index in [1.807, 2.05) is 0 Å². The molecule has 1 aliphatic carbocycles. The van der Waals surface area contributed by atoms with Gasteiger partial charge in [-0.3, -0.25) is 9.36 Å². The molecule has 1 amide bonds. The zero-order valence-corrected chi connectivity index (χ0v) is 13.6. The standard InChI is InChI=1S/C17H21N3O4/c1-20-14-3-2-11(10-13(14)19-16(20)22)15(21)18-12-4-6-17(7-5-12)23-8-9-24-17/h2-3,10,12H,4-9H2,1H3,(H,18,21)(H,19,22). The average Bonchev–Trinajstić information content (AvgIpc) is 3.15. The van der Waals surface area contributed by atoms with Crippen LogP contribution in [0, 0.1) is 0 Å². The summed E-state index contributed by atoms with van der Waals surface area (Å²) in [5.74, 6) is -0.528. The van der Waals surface area contributed by atoms with E-state index in [1.165, 1.54) is 4.57 Å². The van der Waals surface area contributed by atoms with Gasteiger partial charge in [0.25, 0.3) is 5.91 Å². The second-order valence-electron chi connectivity index (χ2n) is 6.58. The Morgan fingerprint density at radius 3 is 2.71 bits per heavy atom. The fourth-order valence-corrected chi connectivity index (χ4v) is 3.63. The van der Waals surface area contributed by atoms with Crippen LogP contribution in [0.2, 0.25) is 0 Å². The molecule has 2 N–H and O–H groups in total. The molecule has 0 unspecified atom stereocenters. The Kier molecular flexibility index (Phi) is 3.69. The largest absolute Gasteiger partial charge is 0.349 e. The zero-order chi connectivity index (χ0) is 16.7. The minimum atomic E-state index is -0.413. The molecule has 1 saturated carbocycles. The molecule has 24 heavy (non-hydrogen) atoms. The quantitative estimate of drug-likeness (QED) is 0.868. The number of rotatable bonds is 2. The van der Waals surface area contributed by atoms with E-state index in [9.17, 15) is 9.59 Å². The van der Waals surface area contributed by atoms with E-state index in [-0.39, 0.29) is 17.6 Å². The number of ether oxygens (including phenoxy) is 2. The molecule has 2 aromatic rings. The lowest BCUT2D eigenvalue weighted by Crippen LogP contribution is -2.44. The zero-order valence-electron chi connectivity index (χ0n) is 13.6. The molecule has 7 heteroatoms. The second kappa shape index (κ2) is 5.75. The van der Waals surface area contributed by atoms with E-state index < -0.39 is 5.79 Å². The second-order valence-corrected chi connectivity index (χ2v) is 6.58. The summed E-state index contributed by atoms with van der Waals surface area (Å²) in [7, 11) is 1.70. The molecule has 128 valence electrons. The molecule has 4 rings (SSSR count). The first-order valence-corrected chi connectivity index (χ1v) is 8.34. The van der Waals surface area contributed by atoms with Crippen LogP contribution in [0.3, 0.4) is 0 Å². The molecule has 2 fully saturated rings.